The van der Waals surface area contributed by atoms with Crippen LogP contribution in [0.3, 0.4) is 0 Å². The highest BCUT2D eigenvalue weighted by atomic mass is 16.5. The van der Waals surface area contributed by atoms with Crippen molar-refractivity contribution in [2.75, 3.05) is 26.2 Å². The summed E-state index contributed by atoms with van der Waals surface area (Å²) in [5.74, 6) is 0.624. The zero-order valence-corrected chi connectivity index (χ0v) is 13.3. The predicted molar refractivity (Wildman–Crippen MR) is 92.8 cm³/mol. The van der Waals surface area contributed by atoms with Gasteiger partial charge in [-0.3, -0.25) is 9.69 Å². The number of hydrogen-bond acceptors (Lipinski definition) is 5. The van der Waals surface area contributed by atoms with Gasteiger partial charge in [0, 0.05) is 12.6 Å². The fourth-order valence-corrected chi connectivity index (χ4v) is 3.25. The quantitative estimate of drug-likeness (QED) is 0.747. The lowest BCUT2D eigenvalue weighted by atomic mass is 10.1. The van der Waals surface area contributed by atoms with Crippen LogP contribution in [0.15, 0.2) is 45.6 Å². The molecule has 0 spiro atoms. The Morgan fingerprint density at radius 2 is 1.96 bits per heavy atom. The number of hydrogen-bond donors (Lipinski definition) is 1. The van der Waals surface area contributed by atoms with Crippen molar-refractivity contribution in [3.63, 3.8) is 0 Å². The molecular formula is C19H19NO4. The number of benzene rings is 2. The van der Waals surface area contributed by atoms with E-state index in [1.165, 1.54) is 18.9 Å². The monoisotopic (exact) mass is 325 g/mol. The largest absolute Gasteiger partial charge is 0.507 e. The number of rotatable bonds is 4. The smallest absolute Gasteiger partial charge is 0.204 e. The SMILES string of the molecule is O=c1c2ccc(OCCN3CCCC3)cc2oc2cccc(O)c12. The summed E-state index contributed by atoms with van der Waals surface area (Å²) in [7, 11) is 0. The first-order valence-corrected chi connectivity index (χ1v) is 8.26. The minimum atomic E-state index is -0.229. The van der Waals surface area contributed by atoms with Crippen LogP contribution in [0.4, 0.5) is 0 Å². The number of likely N-dealkylation sites (tertiary alicyclic amines) is 1. The maximum absolute atomic E-state index is 12.5. The summed E-state index contributed by atoms with van der Waals surface area (Å²) in [4.78, 5) is 14.9. The molecule has 2 heterocycles. The minimum Gasteiger partial charge on any atom is -0.507 e. The molecule has 1 saturated heterocycles. The van der Waals surface area contributed by atoms with E-state index in [4.69, 9.17) is 9.15 Å². The second-order valence-electron chi connectivity index (χ2n) is 6.14. The van der Waals surface area contributed by atoms with Gasteiger partial charge in [-0.1, -0.05) is 6.07 Å². The molecular weight excluding hydrogens is 306 g/mol. The summed E-state index contributed by atoms with van der Waals surface area (Å²) < 4.78 is 11.6. The Morgan fingerprint density at radius 3 is 2.79 bits per heavy atom. The lowest BCUT2D eigenvalue weighted by Gasteiger charge is -2.15. The predicted octanol–water partition coefficient (Wildman–Crippen LogP) is 3.13. The summed E-state index contributed by atoms with van der Waals surface area (Å²) in [6.45, 7) is 3.81. The van der Waals surface area contributed by atoms with Crippen LogP contribution in [0.5, 0.6) is 11.5 Å². The highest BCUT2D eigenvalue weighted by Crippen LogP contribution is 2.27. The fraction of sp³-hybridized carbons (Fsp3) is 0.316. The van der Waals surface area contributed by atoms with E-state index in [-0.39, 0.29) is 16.6 Å². The average molecular weight is 325 g/mol. The van der Waals surface area contributed by atoms with Crippen LogP contribution in [0.1, 0.15) is 12.8 Å². The first-order valence-electron chi connectivity index (χ1n) is 8.26. The maximum atomic E-state index is 12.5. The standard InChI is InChI=1S/C19H19NO4/c21-15-4-3-5-16-18(15)19(22)14-7-6-13(12-17(14)24-16)23-11-10-20-8-1-2-9-20/h3-7,12,21H,1-2,8-11H2. The molecule has 1 aromatic heterocycles. The van der Waals surface area contributed by atoms with Crippen LogP contribution in [0.25, 0.3) is 21.9 Å². The van der Waals surface area contributed by atoms with Gasteiger partial charge in [-0.25, -0.2) is 0 Å². The van der Waals surface area contributed by atoms with Gasteiger partial charge in [0.05, 0.1) is 5.39 Å². The molecule has 0 unspecified atom stereocenters. The van der Waals surface area contributed by atoms with Crippen LogP contribution in [-0.4, -0.2) is 36.2 Å². The lowest BCUT2D eigenvalue weighted by molar-refractivity contribution is 0.238. The minimum absolute atomic E-state index is 0.0610. The lowest BCUT2D eigenvalue weighted by Crippen LogP contribution is -2.25. The number of phenolic OH excluding ortho intramolecular Hbond substituents is 1. The molecule has 0 amide bonds. The molecule has 0 aliphatic carbocycles. The van der Waals surface area contributed by atoms with Crippen LogP contribution in [-0.2, 0) is 0 Å². The number of fused-ring (bicyclic) bond motifs is 2. The van der Waals surface area contributed by atoms with Crippen LogP contribution in [0.2, 0.25) is 0 Å². The fourth-order valence-electron chi connectivity index (χ4n) is 3.25. The van der Waals surface area contributed by atoms with E-state index in [0.29, 0.717) is 28.9 Å². The average Bonchev–Trinajstić information content (AvgIpc) is 3.08. The molecule has 2 aromatic carbocycles. The van der Waals surface area contributed by atoms with E-state index in [9.17, 15) is 9.90 Å². The molecule has 4 rings (SSSR count). The highest BCUT2D eigenvalue weighted by Gasteiger charge is 2.13. The molecule has 0 atom stereocenters. The van der Waals surface area contributed by atoms with Gasteiger partial charge in [-0.15, -0.1) is 0 Å². The van der Waals surface area contributed by atoms with Gasteiger partial charge < -0.3 is 14.3 Å². The van der Waals surface area contributed by atoms with Crippen molar-refractivity contribution >= 4 is 21.9 Å². The molecule has 0 bridgehead atoms. The molecule has 24 heavy (non-hydrogen) atoms. The third kappa shape index (κ3) is 2.71. The van der Waals surface area contributed by atoms with Crippen molar-refractivity contribution in [1.29, 1.82) is 0 Å². The Hall–Kier alpha value is -2.53. The number of ether oxygens (including phenoxy) is 1. The van der Waals surface area contributed by atoms with Crippen molar-refractivity contribution in [1.82, 2.24) is 4.90 Å². The molecule has 1 fully saturated rings. The first-order chi connectivity index (χ1) is 11.7. The molecule has 5 heteroatoms. The summed E-state index contributed by atoms with van der Waals surface area (Å²) in [5.41, 5.74) is 0.617. The Balaban J connectivity index is 1.62. The van der Waals surface area contributed by atoms with Crippen molar-refractivity contribution in [3.05, 3.63) is 46.6 Å². The van der Waals surface area contributed by atoms with E-state index in [0.717, 1.165) is 19.6 Å². The van der Waals surface area contributed by atoms with Gasteiger partial charge in [0.25, 0.3) is 0 Å². The van der Waals surface area contributed by atoms with Gasteiger partial charge in [0.2, 0.25) is 5.43 Å². The molecule has 1 aliphatic heterocycles. The molecule has 0 saturated carbocycles. The summed E-state index contributed by atoms with van der Waals surface area (Å²) >= 11 is 0. The number of phenols is 1. The second-order valence-corrected chi connectivity index (χ2v) is 6.14. The van der Waals surface area contributed by atoms with Crippen molar-refractivity contribution < 1.29 is 14.3 Å². The molecule has 124 valence electrons. The molecule has 0 radical (unpaired) electrons. The van der Waals surface area contributed by atoms with Crippen molar-refractivity contribution in [2.45, 2.75) is 12.8 Å². The van der Waals surface area contributed by atoms with E-state index >= 15 is 0 Å². The molecule has 3 aromatic rings. The third-order valence-electron chi connectivity index (χ3n) is 4.52. The van der Waals surface area contributed by atoms with E-state index < -0.39 is 0 Å². The first kappa shape index (κ1) is 15.0. The second kappa shape index (κ2) is 6.17. The van der Waals surface area contributed by atoms with E-state index in [1.54, 1.807) is 30.3 Å². The van der Waals surface area contributed by atoms with Crippen molar-refractivity contribution in [2.24, 2.45) is 0 Å². The number of aromatic hydroxyl groups is 1. The molecule has 5 nitrogen and oxygen atoms in total. The molecule has 1 N–H and O–H groups in total. The Bertz CT molecular complexity index is 941. The maximum Gasteiger partial charge on any atom is 0.204 e. The highest BCUT2D eigenvalue weighted by molar-refractivity contribution is 5.93. The van der Waals surface area contributed by atoms with Gasteiger partial charge in [-0.05, 0) is 50.2 Å². The summed E-state index contributed by atoms with van der Waals surface area (Å²) in [5, 5.41) is 10.6. The zero-order chi connectivity index (χ0) is 16.5. The summed E-state index contributed by atoms with van der Waals surface area (Å²) in [6, 6.07) is 10.0. The molecule has 1 aliphatic rings. The van der Waals surface area contributed by atoms with Crippen molar-refractivity contribution in [3.8, 4) is 11.5 Å². The normalized spacial score (nSPS) is 15.3. The van der Waals surface area contributed by atoms with Crippen LogP contribution in [0, 0.1) is 0 Å². The van der Waals surface area contributed by atoms with Crippen LogP contribution < -0.4 is 10.2 Å². The number of nitrogens with zero attached hydrogens (tertiary/aromatic N) is 1. The Kier molecular flexibility index (Phi) is 3.86. The summed E-state index contributed by atoms with van der Waals surface area (Å²) in [6.07, 6.45) is 2.53. The van der Waals surface area contributed by atoms with Gasteiger partial charge in [-0.2, -0.15) is 0 Å². The topological polar surface area (TPSA) is 62.9 Å². The zero-order valence-electron chi connectivity index (χ0n) is 13.3. The Labute approximate surface area is 139 Å². The van der Waals surface area contributed by atoms with Gasteiger partial charge >= 0.3 is 0 Å². The third-order valence-corrected chi connectivity index (χ3v) is 4.52. The van der Waals surface area contributed by atoms with Gasteiger partial charge in [0.1, 0.15) is 34.7 Å². The van der Waals surface area contributed by atoms with E-state index in [2.05, 4.69) is 4.90 Å². The van der Waals surface area contributed by atoms with E-state index in [1.807, 2.05) is 0 Å². The Morgan fingerprint density at radius 1 is 1.12 bits per heavy atom. The van der Waals surface area contributed by atoms with Gasteiger partial charge in [0.15, 0.2) is 0 Å². The van der Waals surface area contributed by atoms with Crippen LogP contribution >= 0.6 is 0 Å².